The van der Waals surface area contributed by atoms with E-state index in [9.17, 15) is 5.26 Å². The standard InChI is InChI=1S/C18H20N2/c1-13-4-5-15-11-16(7-6-14(15)10-13)17(20(2)3)18(12-19)8-9-18/h4-7,10-11,17H,8-9H2,1-3H3. The van der Waals surface area contributed by atoms with Gasteiger partial charge in [0.25, 0.3) is 0 Å². The molecule has 1 aliphatic rings. The van der Waals surface area contributed by atoms with E-state index in [1.165, 1.54) is 21.9 Å². The van der Waals surface area contributed by atoms with Gasteiger partial charge < -0.3 is 4.90 Å². The lowest BCUT2D eigenvalue weighted by Crippen LogP contribution is -2.27. The summed E-state index contributed by atoms with van der Waals surface area (Å²) in [5, 5.41) is 12.0. The molecule has 2 heteroatoms. The second-order valence-corrected chi connectivity index (χ2v) is 6.24. The van der Waals surface area contributed by atoms with Crippen molar-refractivity contribution in [3.63, 3.8) is 0 Å². The number of rotatable bonds is 3. The Bertz CT molecular complexity index is 690. The van der Waals surface area contributed by atoms with Gasteiger partial charge in [0.05, 0.1) is 17.5 Å². The molecule has 0 amide bonds. The Morgan fingerprint density at radius 3 is 2.35 bits per heavy atom. The van der Waals surface area contributed by atoms with Gasteiger partial charge in [-0.05, 0) is 56.3 Å². The third-order valence-electron chi connectivity index (χ3n) is 4.39. The van der Waals surface area contributed by atoms with Gasteiger partial charge in [-0.15, -0.1) is 0 Å². The molecule has 102 valence electrons. The number of fused-ring (bicyclic) bond motifs is 1. The Morgan fingerprint density at radius 1 is 1.10 bits per heavy atom. The monoisotopic (exact) mass is 264 g/mol. The zero-order chi connectivity index (χ0) is 14.3. The average molecular weight is 264 g/mol. The van der Waals surface area contributed by atoms with Crippen LogP contribution in [-0.2, 0) is 0 Å². The van der Waals surface area contributed by atoms with Crippen LogP contribution in [0.15, 0.2) is 36.4 Å². The lowest BCUT2D eigenvalue weighted by molar-refractivity contribution is 0.232. The zero-order valence-corrected chi connectivity index (χ0v) is 12.4. The molecule has 0 N–H and O–H groups in total. The minimum absolute atomic E-state index is 0.179. The van der Waals surface area contributed by atoms with E-state index in [0.717, 1.165) is 12.8 Å². The summed E-state index contributed by atoms with van der Waals surface area (Å²) < 4.78 is 0. The highest BCUT2D eigenvalue weighted by Gasteiger charge is 2.51. The maximum atomic E-state index is 9.51. The molecule has 1 atom stereocenters. The van der Waals surface area contributed by atoms with Gasteiger partial charge in [0.1, 0.15) is 0 Å². The molecule has 0 spiro atoms. The van der Waals surface area contributed by atoms with Gasteiger partial charge in [-0.2, -0.15) is 5.26 Å². The largest absolute Gasteiger partial charge is 0.301 e. The van der Waals surface area contributed by atoms with E-state index in [1.54, 1.807) is 0 Å². The lowest BCUT2D eigenvalue weighted by Gasteiger charge is -2.29. The number of benzene rings is 2. The van der Waals surface area contributed by atoms with Gasteiger partial charge in [0.15, 0.2) is 0 Å². The van der Waals surface area contributed by atoms with Gasteiger partial charge >= 0.3 is 0 Å². The first kappa shape index (κ1) is 13.1. The summed E-state index contributed by atoms with van der Waals surface area (Å²) >= 11 is 0. The van der Waals surface area contributed by atoms with Gasteiger partial charge in [-0.3, -0.25) is 0 Å². The second kappa shape index (κ2) is 4.61. The van der Waals surface area contributed by atoms with E-state index in [0.29, 0.717) is 0 Å². The van der Waals surface area contributed by atoms with Crippen LogP contribution in [0.3, 0.4) is 0 Å². The normalized spacial score (nSPS) is 17.9. The molecule has 0 aromatic heterocycles. The third-order valence-corrected chi connectivity index (χ3v) is 4.39. The number of aryl methyl sites for hydroxylation is 1. The van der Waals surface area contributed by atoms with Crippen LogP contribution in [0.5, 0.6) is 0 Å². The van der Waals surface area contributed by atoms with E-state index >= 15 is 0 Å². The van der Waals surface area contributed by atoms with Crippen LogP contribution in [0.25, 0.3) is 10.8 Å². The van der Waals surface area contributed by atoms with Crippen LogP contribution in [0.2, 0.25) is 0 Å². The summed E-state index contributed by atoms with van der Waals surface area (Å²) in [6.07, 6.45) is 2.02. The summed E-state index contributed by atoms with van der Waals surface area (Å²) in [6, 6.07) is 15.9. The van der Waals surface area contributed by atoms with Crippen molar-refractivity contribution < 1.29 is 0 Å². The van der Waals surface area contributed by atoms with Crippen LogP contribution < -0.4 is 0 Å². The summed E-state index contributed by atoms with van der Waals surface area (Å²) in [7, 11) is 4.14. The highest BCUT2D eigenvalue weighted by Crippen LogP contribution is 2.56. The van der Waals surface area contributed by atoms with Crippen molar-refractivity contribution in [2.75, 3.05) is 14.1 Å². The fourth-order valence-corrected chi connectivity index (χ4v) is 3.25. The molecule has 1 saturated carbocycles. The zero-order valence-electron chi connectivity index (χ0n) is 12.4. The molecular formula is C18H20N2. The first-order valence-electron chi connectivity index (χ1n) is 7.14. The molecule has 2 aromatic rings. The molecule has 0 bridgehead atoms. The highest BCUT2D eigenvalue weighted by molar-refractivity contribution is 5.84. The van der Waals surface area contributed by atoms with E-state index in [4.69, 9.17) is 0 Å². The maximum absolute atomic E-state index is 9.51. The van der Waals surface area contributed by atoms with Crippen LogP contribution >= 0.6 is 0 Å². The van der Waals surface area contributed by atoms with Crippen molar-refractivity contribution in [3.05, 3.63) is 47.5 Å². The SMILES string of the molecule is Cc1ccc2cc(C(N(C)C)C3(C#N)CC3)ccc2c1. The molecule has 0 heterocycles. The molecule has 2 nitrogen and oxygen atoms in total. The van der Waals surface area contributed by atoms with Gasteiger partial charge in [0, 0.05) is 0 Å². The number of hydrogen-bond donors (Lipinski definition) is 0. The van der Waals surface area contributed by atoms with Crippen LogP contribution in [0, 0.1) is 23.7 Å². The maximum Gasteiger partial charge on any atom is 0.0771 e. The van der Waals surface area contributed by atoms with Crippen molar-refractivity contribution in [2.24, 2.45) is 5.41 Å². The molecule has 3 rings (SSSR count). The fourth-order valence-electron chi connectivity index (χ4n) is 3.25. The molecule has 20 heavy (non-hydrogen) atoms. The van der Waals surface area contributed by atoms with Crippen LogP contribution in [-0.4, -0.2) is 19.0 Å². The second-order valence-electron chi connectivity index (χ2n) is 6.24. The molecule has 0 radical (unpaired) electrons. The minimum atomic E-state index is -0.179. The van der Waals surface area contributed by atoms with Crippen molar-refractivity contribution in [1.82, 2.24) is 4.90 Å². The highest BCUT2D eigenvalue weighted by atomic mass is 15.1. The van der Waals surface area contributed by atoms with E-state index in [-0.39, 0.29) is 11.5 Å². The predicted molar refractivity (Wildman–Crippen MR) is 82.4 cm³/mol. The predicted octanol–water partition coefficient (Wildman–Crippen LogP) is 4.05. The first-order valence-corrected chi connectivity index (χ1v) is 7.14. The first-order chi connectivity index (χ1) is 9.55. The van der Waals surface area contributed by atoms with Crippen molar-refractivity contribution in [1.29, 1.82) is 5.26 Å². The van der Waals surface area contributed by atoms with Crippen molar-refractivity contribution in [2.45, 2.75) is 25.8 Å². The molecular weight excluding hydrogens is 244 g/mol. The number of hydrogen-bond acceptors (Lipinski definition) is 2. The smallest absolute Gasteiger partial charge is 0.0771 e. The van der Waals surface area contributed by atoms with Crippen molar-refractivity contribution in [3.8, 4) is 6.07 Å². The molecule has 0 saturated heterocycles. The van der Waals surface area contributed by atoms with Crippen LogP contribution in [0.1, 0.15) is 30.0 Å². The van der Waals surface area contributed by atoms with Gasteiger partial charge in [-0.1, -0.05) is 35.9 Å². The Morgan fingerprint density at radius 2 is 1.75 bits per heavy atom. The Kier molecular flexibility index (Phi) is 3.03. The Labute approximate surface area is 120 Å². The van der Waals surface area contributed by atoms with Gasteiger partial charge in [0.2, 0.25) is 0 Å². The van der Waals surface area contributed by atoms with E-state index in [1.807, 2.05) is 0 Å². The molecule has 1 fully saturated rings. The summed E-state index contributed by atoms with van der Waals surface area (Å²) in [5.74, 6) is 0. The summed E-state index contributed by atoms with van der Waals surface area (Å²) in [6.45, 7) is 2.12. The molecule has 2 aromatic carbocycles. The Balaban J connectivity index is 2.08. The minimum Gasteiger partial charge on any atom is -0.301 e. The number of nitriles is 1. The fraction of sp³-hybridized carbons (Fsp3) is 0.389. The molecule has 1 aliphatic carbocycles. The summed E-state index contributed by atoms with van der Waals surface area (Å²) in [4.78, 5) is 2.19. The molecule has 1 unspecified atom stereocenters. The quantitative estimate of drug-likeness (QED) is 0.836. The number of nitrogens with zero attached hydrogens (tertiary/aromatic N) is 2. The van der Waals surface area contributed by atoms with Gasteiger partial charge in [-0.25, -0.2) is 0 Å². The molecule has 0 aliphatic heterocycles. The topological polar surface area (TPSA) is 27.0 Å². The van der Waals surface area contributed by atoms with Crippen molar-refractivity contribution >= 4 is 10.8 Å². The Hall–Kier alpha value is -1.85. The van der Waals surface area contributed by atoms with E-state index in [2.05, 4.69) is 68.4 Å². The van der Waals surface area contributed by atoms with Crippen LogP contribution in [0.4, 0.5) is 0 Å². The third kappa shape index (κ3) is 2.09. The van der Waals surface area contributed by atoms with E-state index < -0.39 is 0 Å². The lowest BCUT2D eigenvalue weighted by atomic mass is 9.89. The average Bonchev–Trinajstić information content (AvgIpc) is 3.19. The summed E-state index contributed by atoms with van der Waals surface area (Å²) in [5.41, 5.74) is 2.36.